The van der Waals surface area contributed by atoms with Crippen molar-refractivity contribution < 1.29 is 9.21 Å². The van der Waals surface area contributed by atoms with Crippen LogP contribution in [-0.2, 0) is 4.79 Å². The minimum Gasteiger partial charge on any atom is -0.449 e. The van der Waals surface area contributed by atoms with Crippen molar-refractivity contribution in [3.8, 4) is 0 Å². The van der Waals surface area contributed by atoms with Gasteiger partial charge in [0.1, 0.15) is 11.8 Å². The van der Waals surface area contributed by atoms with Gasteiger partial charge in [-0.25, -0.2) is 15.0 Å². The van der Waals surface area contributed by atoms with Crippen LogP contribution in [0.5, 0.6) is 0 Å². The van der Waals surface area contributed by atoms with E-state index in [1.54, 1.807) is 29.8 Å². The average Bonchev–Trinajstić information content (AvgIpc) is 3.65. The molecule has 5 heterocycles. The number of hydrogen-bond acceptors (Lipinski definition) is 9. The van der Waals surface area contributed by atoms with E-state index in [2.05, 4.69) is 36.2 Å². The summed E-state index contributed by atoms with van der Waals surface area (Å²) in [6, 6.07) is 16.1. The van der Waals surface area contributed by atoms with E-state index in [4.69, 9.17) is 4.42 Å². The number of aryl methyl sites for hydroxylation is 1. The van der Waals surface area contributed by atoms with Gasteiger partial charge < -0.3 is 9.73 Å². The molecular formula is C28H20BrN5O3S3. The number of hydrogen-bond donors (Lipinski definition) is 1. The van der Waals surface area contributed by atoms with Crippen LogP contribution in [0.3, 0.4) is 0 Å². The number of halogens is 1. The predicted molar refractivity (Wildman–Crippen MR) is 160 cm³/mol. The number of nitrogens with one attached hydrogen (secondary N) is 1. The number of allylic oxidation sites excluding steroid dienone is 1. The number of benzene rings is 1. The molecule has 1 aromatic carbocycles. The molecule has 5 aromatic rings. The molecule has 1 atom stereocenters. The zero-order chi connectivity index (χ0) is 27.8. The molecule has 4 aromatic heterocycles. The van der Waals surface area contributed by atoms with Crippen LogP contribution in [0.2, 0.25) is 0 Å². The maximum absolute atomic E-state index is 13.8. The Kier molecular flexibility index (Phi) is 7.41. The van der Waals surface area contributed by atoms with E-state index < -0.39 is 6.04 Å². The van der Waals surface area contributed by atoms with E-state index in [9.17, 15) is 9.59 Å². The quantitative estimate of drug-likeness (QED) is 0.242. The van der Waals surface area contributed by atoms with Crippen LogP contribution in [0.1, 0.15) is 29.3 Å². The largest absolute Gasteiger partial charge is 0.449 e. The molecule has 12 heteroatoms. The molecule has 8 nitrogen and oxygen atoms in total. The first kappa shape index (κ1) is 26.6. The molecule has 0 spiro atoms. The molecule has 1 N–H and O–H groups in total. The molecule has 40 heavy (non-hydrogen) atoms. The van der Waals surface area contributed by atoms with Crippen molar-refractivity contribution >= 4 is 68.0 Å². The van der Waals surface area contributed by atoms with Crippen LogP contribution in [0.25, 0.3) is 6.08 Å². The van der Waals surface area contributed by atoms with Gasteiger partial charge in [0, 0.05) is 28.5 Å². The van der Waals surface area contributed by atoms with Gasteiger partial charge in [0.25, 0.3) is 11.5 Å². The first-order valence-electron chi connectivity index (χ1n) is 12.1. The summed E-state index contributed by atoms with van der Waals surface area (Å²) in [6.45, 7) is 3.70. The van der Waals surface area contributed by atoms with Crippen LogP contribution in [0.4, 0.5) is 5.69 Å². The summed E-state index contributed by atoms with van der Waals surface area (Å²) in [5.74, 6) is 0.202. The monoisotopic (exact) mass is 649 g/mol. The Bertz CT molecular complexity index is 1940. The lowest BCUT2D eigenvalue weighted by Gasteiger charge is -2.24. The van der Waals surface area contributed by atoms with Crippen LogP contribution in [0, 0.1) is 6.92 Å². The molecule has 1 amide bonds. The highest BCUT2D eigenvalue weighted by Gasteiger charge is 2.33. The Balaban J connectivity index is 1.40. The Hall–Kier alpha value is -3.58. The molecular weight excluding hydrogens is 630 g/mol. The van der Waals surface area contributed by atoms with Crippen LogP contribution in [0.15, 0.2) is 106 Å². The maximum atomic E-state index is 13.8. The predicted octanol–water partition coefficient (Wildman–Crippen LogP) is 5.54. The number of thiophene rings is 1. The van der Waals surface area contributed by atoms with E-state index in [1.165, 1.54) is 34.4 Å². The van der Waals surface area contributed by atoms with Crippen molar-refractivity contribution in [2.24, 2.45) is 4.99 Å². The van der Waals surface area contributed by atoms with Gasteiger partial charge in [0.15, 0.2) is 15.1 Å². The number of carbonyl (C=O) groups is 1. The van der Waals surface area contributed by atoms with Crippen molar-refractivity contribution in [2.45, 2.75) is 30.1 Å². The van der Waals surface area contributed by atoms with Crippen molar-refractivity contribution in [3.05, 3.63) is 118 Å². The summed E-state index contributed by atoms with van der Waals surface area (Å²) < 4.78 is 8.81. The fourth-order valence-electron chi connectivity index (χ4n) is 4.24. The highest BCUT2D eigenvalue weighted by Crippen LogP contribution is 2.35. The molecule has 200 valence electrons. The molecule has 1 aliphatic rings. The number of thiazole rings is 1. The second-order valence-electron chi connectivity index (χ2n) is 8.78. The summed E-state index contributed by atoms with van der Waals surface area (Å²) >= 11 is 7.58. The van der Waals surface area contributed by atoms with Crippen molar-refractivity contribution in [1.82, 2.24) is 14.5 Å². The third-order valence-electron chi connectivity index (χ3n) is 6.02. The summed E-state index contributed by atoms with van der Waals surface area (Å²) in [6.07, 6.45) is 3.40. The second kappa shape index (κ2) is 11.1. The number of carbonyl (C=O) groups excluding carboxylic acids is 1. The van der Waals surface area contributed by atoms with E-state index in [-0.39, 0.29) is 11.5 Å². The average molecular weight is 651 g/mol. The Labute approximate surface area is 249 Å². The minimum absolute atomic E-state index is 0.247. The number of amides is 1. The van der Waals surface area contributed by atoms with Crippen LogP contribution < -0.4 is 20.2 Å². The third-order valence-corrected chi connectivity index (χ3v) is 9.64. The number of anilines is 1. The number of para-hydroxylation sites is 1. The molecule has 0 fully saturated rings. The molecule has 0 aliphatic carbocycles. The molecule has 0 saturated carbocycles. The number of nitrogens with zero attached hydrogens (tertiary/aromatic N) is 4. The second-order valence-corrected chi connectivity index (χ2v) is 12.6. The summed E-state index contributed by atoms with van der Waals surface area (Å²) in [4.78, 5) is 42.1. The molecule has 0 bridgehead atoms. The maximum Gasteiger partial charge on any atom is 0.271 e. The highest BCUT2D eigenvalue weighted by molar-refractivity contribution is 9.10. The Morgan fingerprint density at radius 3 is 2.75 bits per heavy atom. The number of aromatic nitrogens is 3. The van der Waals surface area contributed by atoms with Gasteiger partial charge in [-0.15, -0.1) is 11.3 Å². The summed E-state index contributed by atoms with van der Waals surface area (Å²) in [5, 5.41) is 6.04. The van der Waals surface area contributed by atoms with Crippen LogP contribution >= 0.6 is 50.4 Å². The van der Waals surface area contributed by atoms with Gasteiger partial charge in [-0.1, -0.05) is 35.6 Å². The van der Waals surface area contributed by atoms with Crippen molar-refractivity contribution in [2.75, 3.05) is 5.32 Å². The van der Waals surface area contributed by atoms with Gasteiger partial charge in [0.2, 0.25) is 0 Å². The first-order valence-corrected chi connectivity index (χ1v) is 15.4. The number of rotatable bonds is 6. The van der Waals surface area contributed by atoms with Crippen molar-refractivity contribution in [1.29, 1.82) is 0 Å². The normalized spacial score (nSPS) is 15.2. The van der Waals surface area contributed by atoms with E-state index >= 15 is 0 Å². The lowest BCUT2D eigenvalue weighted by molar-refractivity contribution is -0.113. The lowest BCUT2D eigenvalue weighted by Crippen LogP contribution is -2.40. The van der Waals surface area contributed by atoms with Crippen molar-refractivity contribution in [3.63, 3.8) is 0 Å². The fraction of sp³-hybridized carbons (Fsp3) is 0.107. The van der Waals surface area contributed by atoms with E-state index in [1.807, 2.05) is 60.8 Å². The highest BCUT2D eigenvalue weighted by atomic mass is 79.9. The van der Waals surface area contributed by atoms with Gasteiger partial charge in [-0.2, -0.15) is 0 Å². The summed E-state index contributed by atoms with van der Waals surface area (Å²) in [7, 11) is 0. The lowest BCUT2D eigenvalue weighted by atomic mass is 10.0. The molecule has 0 saturated heterocycles. The molecule has 1 aliphatic heterocycles. The standard InChI is InChI=1S/C28H20BrN5O3S3/c1-15-10-11-30-27(31-15)40-26-19(29)13-18(37-26)14-21-25(36)34-23(20-9-6-12-38-20)22(16(2)32-28(34)39-21)24(35)33-17-7-4-3-5-8-17/h3-14,23H,1-2H3,(H,33,35)/b21-14+/t23-/m0/s1. The first-order chi connectivity index (χ1) is 19.4. The molecule has 6 rings (SSSR count). The number of fused-ring (bicyclic) bond motifs is 1. The third kappa shape index (κ3) is 5.27. The van der Waals surface area contributed by atoms with E-state index in [0.717, 1.165) is 15.0 Å². The SMILES string of the molecule is CC1=C(C(=O)Nc2ccccc2)[C@H](c2cccs2)n2c(s/c(=C/c3cc(Br)c(Sc4nccc(C)n4)o3)c2=O)=N1. The fourth-order valence-corrected chi connectivity index (χ4v) is 7.41. The number of furan rings is 1. The van der Waals surface area contributed by atoms with Crippen LogP contribution in [-0.4, -0.2) is 20.4 Å². The van der Waals surface area contributed by atoms with Gasteiger partial charge >= 0.3 is 0 Å². The Morgan fingerprint density at radius 2 is 2.00 bits per heavy atom. The zero-order valence-electron chi connectivity index (χ0n) is 21.1. The smallest absolute Gasteiger partial charge is 0.271 e. The van der Waals surface area contributed by atoms with Gasteiger partial charge in [-0.05, 0) is 77.3 Å². The van der Waals surface area contributed by atoms with E-state index in [0.29, 0.717) is 42.3 Å². The van der Waals surface area contributed by atoms with Gasteiger partial charge in [-0.3, -0.25) is 14.2 Å². The minimum atomic E-state index is -0.602. The zero-order valence-corrected chi connectivity index (χ0v) is 25.2. The summed E-state index contributed by atoms with van der Waals surface area (Å²) in [5.41, 5.74) is 2.28. The topological polar surface area (TPSA) is 102 Å². The molecule has 0 radical (unpaired) electrons. The van der Waals surface area contributed by atoms with Gasteiger partial charge in [0.05, 0.1) is 20.3 Å². The molecule has 0 unspecified atom stereocenters. The Morgan fingerprint density at radius 1 is 1.18 bits per heavy atom.